The van der Waals surface area contributed by atoms with Crippen molar-refractivity contribution >= 4 is 35.8 Å². The first-order chi connectivity index (χ1) is 10.5. The van der Waals surface area contributed by atoms with Gasteiger partial charge in [-0.3, -0.25) is 9.79 Å². The van der Waals surface area contributed by atoms with Crippen molar-refractivity contribution in [3.8, 4) is 0 Å². The minimum absolute atomic E-state index is 0. The lowest BCUT2D eigenvalue weighted by molar-refractivity contribution is -0.121. The van der Waals surface area contributed by atoms with Gasteiger partial charge in [-0.05, 0) is 38.5 Å². The predicted molar refractivity (Wildman–Crippen MR) is 108 cm³/mol. The molecule has 3 N–H and O–H groups in total. The van der Waals surface area contributed by atoms with Crippen LogP contribution in [0.15, 0.2) is 4.99 Å². The molecule has 0 aromatic rings. The molecule has 136 valence electrons. The monoisotopic (exact) mass is 438 g/mol. The topological polar surface area (TPSA) is 65.5 Å². The fourth-order valence-corrected chi connectivity index (χ4v) is 2.32. The molecule has 0 spiro atoms. The first-order valence-corrected chi connectivity index (χ1v) is 8.77. The van der Waals surface area contributed by atoms with E-state index in [-0.39, 0.29) is 29.9 Å². The molecule has 6 heteroatoms. The molecule has 0 bridgehead atoms. The van der Waals surface area contributed by atoms with Crippen molar-refractivity contribution in [2.45, 2.75) is 77.8 Å². The second-order valence-corrected chi connectivity index (χ2v) is 6.81. The maximum absolute atomic E-state index is 11.6. The molecule has 1 rings (SSSR count). The Morgan fingerprint density at radius 1 is 1.17 bits per heavy atom. The highest BCUT2D eigenvalue weighted by atomic mass is 127. The van der Waals surface area contributed by atoms with Gasteiger partial charge in [0, 0.05) is 32.1 Å². The van der Waals surface area contributed by atoms with Crippen LogP contribution in [0.4, 0.5) is 0 Å². The predicted octanol–water partition coefficient (Wildman–Crippen LogP) is 3.04. The van der Waals surface area contributed by atoms with Crippen LogP contribution in [0.3, 0.4) is 0 Å². The molecule has 0 aromatic heterocycles. The Kier molecular flexibility index (Phi) is 12.5. The lowest BCUT2D eigenvalue weighted by Gasteiger charge is -2.18. The van der Waals surface area contributed by atoms with Crippen LogP contribution >= 0.6 is 24.0 Å². The standard InChI is InChI=1S/C17H34N4O.HI/c1-13(2)7-5-8-14(3)20-17(18-4)19-12-6-9-16(22)21-15-10-11-15;/h13-15H,5-12H2,1-4H3,(H,21,22)(H2,18,19,20);1H. The van der Waals surface area contributed by atoms with Crippen LogP contribution in [0, 0.1) is 5.92 Å². The number of aliphatic imine (C=N–C) groups is 1. The van der Waals surface area contributed by atoms with Gasteiger partial charge in [0.15, 0.2) is 5.96 Å². The van der Waals surface area contributed by atoms with Crippen LogP contribution in [-0.4, -0.2) is 37.5 Å². The van der Waals surface area contributed by atoms with E-state index in [2.05, 4.69) is 41.7 Å². The Morgan fingerprint density at radius 2 is 1.87 bits per heavy atom. The van der Waals surface area contributed by atoms with Gasteiger partial charge in [0.2, 0.25) is 5.91 Å². The maximum Gasteiger partial charge on any atom is 0.220 e. The average molecular weight is 438 g/mol. The summed E-state index contributed by atoms with van der Waals surface area (Å²) in [6, 6.07) is 0.879. The minimum atomic E-state index is 0. The molecular formula is C17H35IN4O. The number of rotatable bonds is 10. The van der Waals surface area contributed by atoms with Gasteiger partial charge >= 0.3 is 0 Å². The van der Waals surface area contributed by atoms with E-state index in [1.165, 1.54) is 12.8 Å². The van der Waals surface area contributed by atoms with Crippen LogP contribution < -0.4 is 16.0 Å². The first-order valence-electron chi connectivity index (χ1n) is 8.77. The van der Waals surface area contributed by atoms with Crippen molar-refractivity contribution < 1.29 is 4.79 Å². The lowest BCUT2D eigenvalue weighted by Crippen LogP contribution is -2.42. The minimum Gasteiger partial charge on any atom is -0.356 e. The summed E-state index contributed by atoms with van der Waals surface area (Å²) >= 11 is 0. The number of hydrogen-bond donors (Lipinski definition) is 3. The largest absolute Gasteiger partial charge is 0.356 e. The third-order valence-corrected chi connectivity index (χ3v) is 3.84. The highest BCUT2D eigenvalue weighted by molar-refractivity contribution is 14.0. The average Bonchev–Trinajstić information content (AvgIpc) is 3.25. The number of nitrogens with zero attached hydrogens (tertiary/aromatic N) is 1. The molecule has 0 aliphatic heterocycles. The van der Waals surface area contributed by atoms with E-state index in [9.17, 15) is 4.79 Å². The number of nitrogens with one attached hydrogen (secondary N) is 3. The highest BCUT2D eigenvalue weighted by Crippen LogP contribution is 2.18. The summed E-state index contributed by atoms with van der Waals surface area (Å²) < 4.78 is 0. The van der Waals surface area contributed by atoms with Crippen LogP contribution in [0.1, 0.15) is 65.7 Å². The molecule has 1 atom stereocenters. The molecule has 1 unspecified atom stereocenters. The zero-order valence-electron chi connectivity index (χ0n) is 15.2. The van der Waals surface area contributed by atoms with Gasteiger partial charge in [-0.25, -0.2) is 0 Å². The van der Waals surface area contributed by atoms with E-state index >= 15 is 0 Å². The molecule has 0 heterocycles. The van der Waals surface area contributed by atoms with E-state index < -0.39 is 0 Å². The summed E-state index contributed by atoms with van der Waals surface area (Å²) in [4.78, 5) is 15.8. The molecule has 0 saturated heterocycles. The quantitative estimate of drug-likeness (QED) is 0.213. The number of guanidine groups is 1. The molecule has 1 aliphatic rings. The van der Waals surface area contributed by atoms with Crippen LogP contribution in [0.2, 0.25) is 0 Å². The van der Waals surface area contributed by atoms with E-state index in [0.717, 1.165) is 44.1 Å². The Balaban J connectivity index is 0.00000484. The van der Waals surface area contributed by atoms with Crippen LogP contribution in [0.25, 0.3) is 0 Å². The van der Waals surface area contributed by atoms with Gasteiger partial charge in [0.1, 0.15) is 0 Å². The van der Waals surface area contributed by atoms with Crippen LogP contribution in [0.5, 0.6) is 0 Å². The van der Waals surface area contributed by atoms with Crippen molar-refractivity contribution in [1.82, 2.24) is 16.0 Å². The summed E-state index contributed by atoms with van der Waals surface area (Å²) in [6.07, 6.45) is 7.39. The molecular weight excluding hydrogens is 403 g/mol. The number of carbonyl (C=O) groups excluding carboxylic acids is 1. The van der Waals surface area contributed by atoms with Gasteiger partial charge < -0.3 is 16.0 Å². The fourth-order valence-electron chi connectivity index (χ4n) is 2.32. The summed E-state index contributed by atoms with van der Waals surface area (Å²) in [6.45, 7) is 7.49. The van der Waals surface area contributed by atoms with Crippen molar-refractivity contribution in [3.05, 3.63) is 0 Å². The molecule has 5 nitrogen and oxygen atoms in total. The smallest absolute Gasteiger partial charge is 0.220 e. The maximum atomic E-state index is 11.6. The third-order valence-electron chi connectivity index (χ3n) is 3.84. The first kappa shape index (κ1) is 22.5. The second kappa shape index (κ2) is 12.8. The van der Waals surface area contributed by atoms with Gasteiger partial charge in [-0.15, -0.1) is 24.0 Å². The summed E-state index contributed by atoms with van der Waals surface area (Å²) in [5.74, 6) is 1.78. The number of carbonyl (C=O) groups is 1. The number of hydrogen-bond acceptors (Lipinski definition) is 2. The van der Waals surface area contributed by atoms with Gasteiger partial charge in [0.05, 0.1) is 0 Å². The van der Waals surface area contributed by atoms with Gasteiger partial charge in [-0.2, -0.15) is 0 Å². The van der Waals surface area contributed by atoms with Crippen molar-refractivity contribution in [3.63, 3.8) is 0 Å². The molecule has 0 radical (unpaired) electrons. The van der Waals surface area contributed by atoms with Crippen molar-refractivity contribution in [2.24, 2.45) is 10.9 Å². The normalized spacial score (nSPS) is 15.8. The molecule has 1 fully saturated rings. The highest BCUT2D eigenvalue weighted by Gasteiger charge is 2.22. The van der Waals surface area contributed by atoms with Crippen LogP contribution in [-0.2, 0) is 4.79 Å². The van der Waals surface area contributed by atoms with E-state index in [4.69, 9.17) is 0 Å². The lowest BCUT2D eigenvalue weighted by atomic mass is 10.0. The van der Waals surface area contributed by atoms with Gasteiger partial charge in [-0.1, -0.05) is 26.7 Å². The molecule has 0 aromatic carbocycles. The number of amides is 1. The third kappa shape index (κ3) is 12.5. The second-order valence-electron chi connectivity index (χ2n) is 6.81. The molecule has 23 heavy (non-hydrogen) atoms. The molecule has 1 aliphatic carbocycles. The summed E-state index contributed by atoms with van der Waals surface area (Å²) in [5, 5.41) is 9.70. The SMILES string of the molecule is CN=C(NCCCC(=O)NC1CC1)NC(C)CCCC(C)C.I. The van der Waals surface area contributed by atoms with E-state index in [1.54, 1.807) is 7.05 Å². The van der Waals surface area contributed by atoms with E-state index in [1.807, 2.05) is 0 Å². The van der Waals surface area contributed by atoms with E-state index in [0.29, 0.717) is 18.5 Å². The zero-order chi connectivity index (χ0) is 16.4. The Labute approximate surface area is 158 Å². The summed E-state index contributed by atoms with van der Waals surface area (Å²) in [5.41, 5.74) is 0. The Morgan fingerprint density at radius 3 is 2.43 bits per heavy atom. The molecule has 1 saturated carbocycles. The Bertz CT molecular complexity index is 357. The van der Waals surface area contributed by atoms with Crippen molar-refractivity contribution in [2.75, 3.05) is 13.6 Å². The number of halogens is 1. The summed E-state index contributed by atoms with van der Waals surface area (Å²) in [7, 11) is 1.79. The van der Waals surface area contributed by atoms with Gasteiger partial charge in [0.25, 0.3) is 0 Å². The Hall–Kier alpha value is -0.530. The zero-order valence-corrected chi connectivity index (χ0v) is 17.5. The fraction of sp³-hybridized carbons (Fsp3) is 0.882. The van der Waals surface area contributed by atoms with Crippen molar-refractivity contribution in [1.29, 1.82) is 0 Å². The molecule has 1 amide bonds.